The Bertz CT molecular complexity index is 910. The molecule has 27 heavy (non-hydrogen) atoms. The van der Waals surface area contributed by atoms with E-state index in [0.717, 1.165) is 0 Å². The minimum atomic E-state index is -3.80. The Morgan fingerprint density at radius 1 is 1.07 bits per heavy atom. The summed E-state index contributed by atoms with van der Waals surface area (Å²) >= 11 is 0. The molecular formula is C19H24N2O5S. The van der Waals surface area contributed by atoms with Gasteiger partial charge in [-0.1, -0.05) is 12.1 Å². The Hall–Kier alpha value is -2.74. The molecule has 0 atom stereocenters. The van der Waals surface area contributed by atoms with Gasteiger partial charge >= 0.3 is 0 Å². The highest BCUT2D eigenvalue weighted by Gasteiger charge is 2.18. The number of nitrogens with one attached hydrogen (secondary N) is 1. The lowest BCUT2D eigenvalue weighted by atomic mass is 10.2. The van der Waals surface area contributed by atoms with Crippen LogP contribution in [-0.2, 0) is 14.8 Å². The number of hydrogen-bond donors (Lipinski definition) is 1. The number of para-hydroxylation sites is 2. The molecule has 8 heteroatoms. The number of amides is 1. The monoisotopic (exact) mass is 392 g/mol. The molecule has 0 bridgehead atoms. The highest BCUT2D eigenvalue weighted by molar-refractivity contribution is 7.92. The van der Waals surface area contributed by atoms with E-state index in [9.17, 15) is 13.2 Å². The molecule has 0 aromatic heterocycles. The van der Waals surface area contributed by atoms with Crippen LogP contribution in [0.25, 0.3) is 0 Å². The largest absolute Gasteiger partial charge is 0.492 e. The predicted molar refractivity (Wildman–Crippen MR) is 104 cm³/mol. The van der Waals surface area contributed by atoms with Gasteiger partial charge in [0.25, 0.3) is 15.9 Å². The van der Waals surface area contributed by atoms with E-state index >= 15 is 0 Å². The third-order valence-corrected chi connectivity index (χ3v) is 5.10. The number of hydrogen-bond acceptors (Lipinski definition) is 5. The zero-order chi connectivity index (χ0) is 20.0. The molecule has 0 spiro atoms. The summed E-state index contributed by atoms with van der Waals surface area (Å²) in [4.78, 5) is 13.1. The Kier molecular flexibility index (Phi) is 6.68. The molecule has 0 heterocycles. The van der Waals surface area contributed by atoms with Crippen molar-refractivity contribution in [2.24, 2.45) is 0 Å². The Labute approximate surface area is 160 Å². The molecule has 0 saturated carbocycles. The number of nitrogens with zero attached hydrogens (tertiary/aromatic N) is 1. The number of benzene rings is 2. The van der Waals surface area contributed by atoms with Crippen molar-refractivity contribution in [3.05, 3.63) is 48.0 Å². The van der Waals surface area contributed by atoms with Gasteiger partial charge in [-0.2, -0.15) is 0 Å². The SMILES string of the molecule is CCOc1ccccc1NS(=O)(=O)c1ccc(OCC(=O)N(C)C)c(C)c1. The second kappa shape index (κ2) is 8.77. The van der Waals surface area contributed by atoms with Crippen molar-refractivity contribution in [1.82, 2.24) is 4.90 Å². The first kappa shape index (κ1) is 20.6. The highest BCUT2D eigenvalue weighted by atomic mass is 32.2. The van der Waals surface area contributed by atoms with Crippen LogP contribution in [0.5, 0.6) is 11.5 Å². The molecule has 7 nitrogen and oxygen atoms in total. The lowest BCUT2D eigenvalue weighted by Crippen LogP contribution is -2.27. The third kappa shape index (κ3) is 5.37. The maximum Gasteiger partial charge on any atom is 0.262 e. The summed E-state index contributed by atoms with van der Waals surface area (Å²) in [6, 6.07) is 11.3. The molecule has 0 radical (unpaired) electrons. The van der Waals surface area contributed by atoms with Crippen molar-refractivity contribution in [3.63, 3.8) is 0 Å². The van der Waals surface area contributed by atoms with Crippen LogP contribution in [0.2, 0.25) is 0 Å². The van der Waals surface area contributed by atoms with Crippen LogP contribution < -0.4 is 14.2 Å². The first-order chi connectivity index (χ1) is 12.7. The summed E-state index contributed by atoms with van der Waals surface area (Å²) in [6.45, 7) is 3.87. The molecule has 0 unspecified atom stereocenters. The summed E-state index contributed by atoms with van der Waals surface area (Å²) in [5, 5.41) is 0. The Balaban J connectivity index is 2.20. The van der Waals surface area contributed by atoms with Gasteiger partial charge < -0.3 is 14.4 Å². The van der Waals surface area contributed by atoms with Gasteiger partial charge in [0.1, 0.15) is 11.5 Å². The molecule has 0 aliphatic carbocycles. The molecule has 0 saturated heterocycles. The maximum absolute atomic E-state index is 12.7. The summed E-state index contributed by atoms with van der Waals surface area (Å²) in [7, 11) is -0.521. The number of ether oxygens (including phenoxy) is 2. The van der Waals surface area contributed by atoms with Gasteiger partial charge in [-0.15, -0.1) is 0 Å². The van der Waals surface area contributed by atoms with E-state index in [-0.39, 0.29) is 17.4 Å². The fraction of sp³-hybridized carbons (Fsp3) is 0.316. The zero-order valence-electron chi connectivity index (χ0n) is 15.9. The van der Waals surface area contributed by atoms with Crippen LogP contribution >= 0.6 is 0 Å². The van der Waals surface area contributed by atoms with Gasteiger partial charge in [0.05, 0.1) is 17.2 Å². The van der Waals surface area contributed by atoms with Crippen LogP contribution in [0.15, 0.2) is 47.4 Å². The number of aryl methyl sites for hydroxylation is 1. The molecule has 0 aliphatic rings. The quantitative estimate of drug-likeness (QED) is 0.747. The molecule has 0 fully saturated rings. The van der Waals surface area contributed by atoms with E-state index < -0.39 is 10.0 Å². The van der Waals surface area contributed by atoms with E-state index in [1.165, 1.54) is 17.0 Å². The second-order valence-electron chi connectivity index (χ2n) is 6.04. The molecule has 2 rings (SSSR count). The van der Waals surface area contributed by atoms with Crippen LogP contribution in [-0.4, -0.2) is 46.5 Å². The van der Waals surface area contributed by atoms with E-state index in [1.54, 1.807) is 51.4 Å². The fourth-order valence-corrected chi connectivity index (χ4v) is 3.41. The first-order valence-electron chi connectivity index (χ1n) is 8.43. The lowest BCUT2D eigenvalue weighted by Gasteiger charge is -2.15. The molecule has 0 aliphatic heterocycles. The molecule has 146 valence electrons. The van der Waals surface area contributed by atoms with Gasteiger partial charge in [0.2, 0.25) is 0 Å². The minimum absolute atomic E-state index is 0.0950. The molecule has 2 aromatic carbocycles. The predicted octanol–water partition coefficient (Wildman–Crippen LogP) is 2.66. The normalized spacial score (nSPS) is 11.0. The smallest absolute Gasteiger partial charge is 0.262 e. The average Bonchev–Trinajstić information content (AvgIpc) is 2.62. The number of anilines is 1. The topological polar surface area (TPSA) is 84.9 Å². The summed E-state index contributed by atoms with van der Waals surface area (Å²) < 4.78 is 38.9. The van der Waals surface area contributed by atoms with E-state index in [2.05, 4.69) is 4.72 Å². The summed E-state index contributed by atoms with van der Waals surface area (Å²) in [6.07, 6.45) is 0. The van der Waals surface area contributed by atoms with E-state index in [4.69, 9.17) is 9.47 Å². The summed E-state index contributed by atoms with van der Waals surface area (Å²) in [5.74, 6) is 0.738. The highest BCUT2D eigenvalue weighted by Crippen LogP contribution is 2.28. The molecule has 1 N–H and O–H groups in total. The van der Waals surface area contributed by atoms with Crippen molar-refractivity contribution in [1.29, 1.82) is 0 Å². The van der Waals surface area contributed by atoms with Crippen molar-refractivity contribution in [2.45, 2.75) is 18.7 Å². The van der Waals surface area contributed by atoms with Crippen LogP contribution in [0, 0.1) is 6.92 Å². The zero-order valence-corrected chi connectivity index (χ0v) is 16.7. The Morgan fingerprint density at radius 2 is 1.78 bits per heavy atom. The number of sulfonamides is 1. The molecule has 1 amide bonds. The first-order valence-corrected chi connectivity index (χ1v) is 9.91. The molecular weight excluding hydrogens is 368 g/mol. The van der Waals surface area contributed by atoms with E-state index in [1.807, 2.05) is 6.92 Å². The minimum Gasteiger partial charge on any atom is -0.492 e. The van der Waals surface area contributed by atoms with Gasteiger partial charge in [0, 0.05) is 14.1 Å². The van der Waals surface area contributed by atoms with Crippen molar-refractivity contribution < 1.29 is 22.7 Å². The van der Waals surface area contributed by atoms with Gasteiger partial charge in [-0.25, -0.2) is 8.42 Å². The van der Waals surface area contributed by atoms with E-state index in [0.29, 0.717) is 29.4 Å². The number of rotatable bonds is 8. The van der Waals surface area contributed by atoms with Crippen LogP contribution in [0.3, 0.4) is 0 Å². The van der Waals surface area contributed by atoms with Gasteiger partial charge in [-0.05, 0) is 49.7 Å². The van der Waals surface area contributed by atoms with Gasteiger partial charge in [-0.3, -0.25) is 9.52 Å². The number of likely N-dealkylation sites (N-methyl/N-ethyl adjacent to an activating group) is 1. The Morgan fingerprint density at radius 3 is 2.41 bits per heavy atom. The van der Waals surface area contributed by atoms with Crippen molar-refractivity contribution in [2.75, 3.05) is 32.0 Å². The van der Waals surface area contributed by atoms with Crippen LogP contribution in [0.4, 0.5) is 5.69 Å². The van der Waals surface area contributed by atoms with Crippen LogP contribution in [0.1, 0.15) is 12.5 Å². The number of carbonyl (C=O) groups excluding carboxylic acids is 1. The number of carbonyl (C=O) groups is 1. The standard InChI is InChI=1S/C19H24N2O5S/c1-5-25-18-9-7-6-8-16(18)20-27(23,24)15-10-11-17(14(2)12-15)26-13-19(22)21(3)4/h6-12,20H,5,13H2,1-4H3. The molecule has 2 aromatic rings. The maximum atomic E-state index is 12.7. The fourth-order valence-electron chi connectivity index (χ4n) is 2.26. The average molecular weight is 392 g/mol. The second-order valence-corrected chi connectivity index (χ2v) is 7.72. The van der Waals surface area contributed by atoms with Crippen molar-refractivity contribution in [3.8, 4) is 11.5 Å². The van der Waals surface area contributed by atoms with Crippen molar-refractivity contribution >= 4 is 21.6 Å². The lowest BCUT2D eigenvalue weighted by molar-refractivity contribution is -0.130. The third-order valence-electron chi connectivity index (χ3n) is 3.74. The van der Waals surface area contributed by atoms with Gasteiger partial charge in [0.15, 0.2) is 6.61 Å². The summed E-state index contributed by atoms with van der Waals surface area (Å²) in [5.41, 5.74) is 0.983.